The molecule has 3 N–H and O–H groups in total. The number of primary amides is 1. The Labute approximate surface area is 84.8 Å². The summed E-state index contributed by atoms with van der Waals surface area (Å²) < 4.78 is 13.1. The van der Waals surface area contributed by atoms with E-state index in [0.29, 0.717) is 0 Å². The number of hydrogen-bond acceptors (Lipinski definition) is 3. The molecule has 0 atom stereocenters. The molecule has 0 fully saturated rings. The summed E-state index contributed by atoms with van der Waals surface area (Å²) >= 11 is 0. The van der Waals surface area contributed by atoms with Crippen LogP contribution in [0.15, 0.2) is 18.3 Å². The Balaban J connectivity index is 2.89. The number of rotatable bonds is 2. The number of carbonyl (C=O) groups is 2. The molecular formula is C8H9FN4O2. The van der Waals surface area contributed by atoms with E-state index in [-0.39, 0.29) is 16.5 Å². The highest BCUT2D eigenvalue weighted by atomic mass is 19.2. The normalized spacial score (nSPS) is 9.47. The maximum absolute atomic E-state index is 13.1. The highest BCUT2D eigenvalue weighted by Crippen LogP contribution is 2.13. The summed E-state index contributed by atoms with van der Waals surface area (Å²) in [4.78, 5) is 25.1. The van der Waals surface area contributed by atoms with Crippen LogP contribution < -0.4 is 16.2 Å². The summed E-state index contributed by atoms with van der Waals surface area (Å²) in [6.45, 7) is 0. The molecule has 0 unspecified atom stereocenters. The molecular weight excluding hydrogens is 203 g/mol. The lowest BCUT2D eigenvalue weighted by Crippen LogP contribution is -2.31. The fourth-order valence-corrected chi connectivity index (χ4v) is 0.863. The first-order valence-corrected chi connectivity index (χ1v) is 3.99. The minimum atomic E-state index is -0.927. The Hall–Kier alpha value is -2.18. The lowest BCUT2D eigenvalue weighted by molar-refractivity contribution is 0.0995. The monoisotopic (exact) mass is 212 g/mol. The third-order valence-corrected chi connectivity index (χ3v) is 1.62. The van der Waals surface area contributed by atoms with Crippen molar-refractivity contribution in [2.24, 2.45) is 5.73 Å². The summed E-state index contributed by atoms with van der Waals surface area (Å²) in [6, 6.07) is 1.53. The summed E-state index contributed by atoms with van der Waals surface area (Å²) in [5.41, 5.74) is 4.86. The fraction of sp³-hybridized carbons (Fsp3) is 0.125. The Bertz CT molecular complexity index is 379. The summed E-state index contributed by atoms with van der Waals surface area (Å²) in [6.07, 6.45) is 1.04. The van der Waals surface area contributed by atoms with Gasteiger partial charge in [-0.25, -0.2) is 9.78 Å². The van der Waals surface area contributed by atoms with Crippen LogP contribution in [0.2, 0.25) is 0 Å². The third-order valence-electron chi connectivity index (χ3n) is 1.62. The quantitative estimate of drug-likeness (QED) is 0.687. The minimum Gasteiger partial charge on any atom is -0.364 e. The maximum atomic E-state index is 13.1. The molecule has 0 bridgehead atoms. The van der Waals surface area contributed by atoms with Crippen molar-refractivity contribution in [1.29, 1.82) is 0 Å². The fourth-order valence-electron chi connectivity index (χ4n) is 0.863. The molecule has 0 aliphatic carbocycles. The van der Waals surface area contributed by atoms with Gasteiger partial charge < -0.3 is 11.1 Å². The topological polar surface area (TPSA) is 88.3 Å². The van der Waals surface area contributed by atoms with Gasteiger partial charge in [0.05, 0.1) is 11.9 Å². The van der Waals surface area contributed by atoms with Crippen molar-refractivity contribution >= 4 is 17.6 Å². The molecule has 1 heterocycles. The zero-order valence-electron chi connectivity index (χ0n) is 7.90. The molecule has 80 valence electrons. The maximum Gasteiger partial charge on any atom is 0.350 e. The predicted molar refractivity (Wildman–Crippen MR) is 50.8 cm³/mol. The standard InChI is InChI=1S/C8H9FN4O2/c1-11-8(15)13(9)5-2-3-6(7(10)14)12-4-5/h2-4H,1H3,(H2,10,14)(H,11,15). The molecule has 0 aromatic carbocycles. The number of nitrogens with zero attached hydrogens (tertiary/aromatic N) is 2. The van der Waals surface area contributed by atoms with E-state index in [1.165, 1.54) is 19.2 Å². The van der Waals surface area contributed by atoms with Gasteiger partial charge in [-0.1, -0.05) is 4.48 Å². The van der Waals surface area contributed by atoms with Gasteiger partial charge in [0.2, 0.25) is 0 Å². The van der Waals surface area contributed by atoms with E-state index in [9.17, 15) is 14.1 Å². The number of anilines is 1. The first kappa shape index (κ1) is 10.9. The Morgan fingerprint density at radius 1 is 1.53 bits per heavy atom. The predicted octanol–water partition coefficient (Wildman–Crippen LogP) is 0.211. The van der Waals surface area contributed by atoms with E-state index in [2.05, 4.69) is 10.3 Å². The number of nitrogens with one attached hydrogen (secondary N) is 1. The first-order chi connectivity index (χ1) is 7.06. The Morgan fingerprint density at radius 2 is 2.20 bits per heavy atom. The van der Waals surface area contributed by atoms with Crippen molar-refractivity contribution in [3.63, 3.8) is 0 Å². The zero-order chi connectivity index (χ0) is 11.4. The third kappa shape index (κ3) is 2.39. The molecule has 0 aliphatic rings. The van der Waals surface area contributed by atoms with Crippen molar-refractivity contribution in [2.75, 3.05) is 12.2 Å². The molecule has 1 aromatic heterocycles. The second kappa shape index (κ2) is 4.36. The van der Waals surface area contributed by atoms with Crippen molar-refractivity contribution < 1.29 is 14.1 Å². The largest absolute Gasteiger partial charge is 0.364 e. The number of nitrogens with two attached hydrogens (primary N) is 1. The van der Waals surface area contributed by atoms with Gasteiger partial charge in [-0.2, -0.15) is 0 Å². The zero-order valence-corrected chi connectivity index (χ0v) is 7.90. The van der Waals surface area contributed by atoms with Crippen LogP contribution in [0.5, 0.6) is 0 Å². The number of hydrogen-bond donors (Lipinski definition) is 2. The molecule has 6 nitrogen and oxygen atoms in total. The summed E-state index contributed by atoms with van der Waals surface area (Å²) in [7, 11) is 1.29. The van der Waals surface area contributed by atoms with Crippen molar-refractivity contribution in [3.8, 4) is 0 Å². The second-order valence-corrected chi connectivity index (χ2v) is 2.60. The molecule has 1 rings (SSSR count). The van der Waals surface area contributed by atoms with Crippen LogP contribution in [0.25, 0.3) is 0 Å². The van der Waals surface area contributed by atoms with E-state index < -0.39 is 11.9 Å². The smallest absolute Gasteiger partial charge is 0.350 e. The van der Waals surface area contributed by atoms with Gasteiger partial charge in [-0.15, -0.1) is 5.12 Å². The molecule has 0 saturated carbocycles. The average Bonchev–Trinajstić information content (AvgIpc) is 2.27. The van der Waals surface area contributed by atoms with Crippen molar-refractivity contribution in [2.45, 2.75) is 0 Å². The van der Waals surface area contributed by atoms with E-state index in [1.54, 1.807) is 0 Å². The van der Waals surface area contributed by atoms with E-state index in [0.717, 1.165) is 6.20 Å². The lowest BCUT2D eigenvalue weighted by atomic mass is 10.3. The van der Waals surface area contributed by atoms with Crippen LogP contribution in [0, 0.1) is 0 Å². The van der Waals surface area contributed by atoms with Gasteiger partial charge in [0.15, 0.2) is 0 Å². The van der Waals surface area contributed by atoms with Crippen LogP contribution in [0.3, 0.4) is 0 Å². The molecule has 7 heteroatoms. The highest BCUT2D eigenvalue weighted by Gasteiger charge is 2.13. The van der Waals surface area contributed by atoms with Crippen LogP contribution in [0.4, 0.5) is 15.0 Å². The van der Waals surface area contributed by atoms with Gasteiger partial charge >= 0.3 is 6.03 Å². The van der Waals surface area contributed by atoms with E-state index in [4.69, 9.17) is 5.73 Å². The van der Waals surface area contributed by atoms with E-state index >= 15 is 0 Å². The molecule has 0 saturated heterocycles. The molecule has 0 spiro atoms. The molecule has 1 aromatic rings. The molecule has 0 aliphatic heterocycles. The first-order valence-electron chi connectivity index (χ1n) is 3.99. The average molecular weight is 212 g/mol. The van der Waals surface area contributed by atoms with Crippen molar-refractivity contribution in [1.82, 2.24) is 10.3 Å². The van der Waals surface area contributed by atoms with E-state index in [1.807, 2.05) is 0 Å². The SMILES string of the molecule is CNC(=O)N(F)c1ccc(C(N)=O)nc1. The van der Waals surface area contributed by atoms with Crippen LogP contribution >= 0.6 is 0 Å². The number of urea groups is 1. The second-order valence-electron chi connectivity index (χ2n) is 2.60. The van der Waals surface area contributed by atoms with Gasteiger partial charge in [0.1, 0.15) is 5.69 Å². The van der Waals surface area contributed by atoms with Crippen LogP contribution in [-0.4, -0.2) is 24.0 Å². The Kier molecular flexibility index (Phi) is 3.17. The van der Waals surface area contributed by atoms with Gasteiger partial charge in [-0.05, 0) is 12.1 Å². The van der Waals surface area contributed by atoms with Gasteiger partial charge in [-0.3, -0.25) is 4.79 Å². The summed E-state index contributed by atoms with van der Waals surface area (Å²) in [5, 5.41) is 1.97. The number of aromatic nitrogens is 1. The number of amides is 3. The number of halogens is 1. The minimum absolute atomic E-state index is 0.00376. The lowest BCUT2D eigenvalue weighted by Gasteiger charge is -2.10. The highest BCUT2D eigenvalue weighted by molar-refractivity contribution is 5.92. The van der Waals surface area contributed by atoms with Crippen LogP contribution in [0.1, 0.15) is 10.5 Å². The molecule has 0 radical (unpaired) electrons. The Morgan fingerprint density at radius 3 is 2.60 bits per heavy atom. The number of carbonyl (C=O) groups excluding carboxylic acids is 2. The van der Waals surface area contributed by atoms with Crippen LogP contribution in [-0.2, 0) is 0 Å². The molecule has 15 heavy (non-hydrogen) atoms. The van der Waals surface area contributed by atoms with Gasteiger partial charge in [0.25, 0.3) is 5.91 Å². The van der Waals surface area contributed by atoms with Gasteiger partial charge in [0, 0.05) is 7.05 Å². The van der Waals surface area contributed by atoms with Crippen molar-refractivity contribution in [3.05, 3.63) is 24.0 Å². The molecule has 3 amide bonds. The number of pyridine rings is 1. The summed E-state index contributed by atoms with van der Waals surface area (Å²) in [5.74, 6) is -0.716.